The Morgan fingerprint density at radius 2 is 1.50 bits per heavy atom. The van der Waals surface area contributed by atoms with Crippen molar-refractivity contribution < 1.29 is 14.4 Å². The maximum Gasteiger partial charge on any atom is 0.235 e. The highest BCUT2D eigenvalue weighted by Gasteiger charge is 2.27. The molecule has 3 aromatic carbocycles. The van der Waals surface area contributed by atoms with Crippen LogP contribution < -0.4 is 10.6 Å². The van der Waals surface area contributed by atoms with E-state index in [0.717, 1.165) is 10.8 Å². The molecule has 0 fully saturated rings. The van der Waals surface area contributed by atoms with Crippen LogP contribution in [-0.2, 0) is 14.4 Å². The highest BCUT2D eigenvalue weighted by molar-refractivity contribution is 6.33. The SMILES string of the molecule is CC(=O)C(CC(=O)Nc1ccccc1Cl)C(=O)Nc1cccc2ccccc12. The third-order valence-corrected chi connectivity index (χ3v) is 4.72. The molecule has 0 spiro atoms. The van der Waals surface area contributed by atoms with Gasteiger partial charge in [0.15, 0.2) is 0 Å². The fraction of sp³-hybridized carbons (Fsp3) is 0.136. The van der Waals surface area contributed by atoms with Crippen LogP contribution in [0.15, 0.2) is 66.7 Å². The molecule has 0 aliphatic rings. The van der Waals surface area contributed by atoms with Crippen molar-refractivity contribution in [2.24, 2.45) is 5.92 Å². The van der Waals surface area contributed by atoms with Gasteiger partial charge in [0.1, 0.15) is 11.7 Å². The molecule has 0 heterocycles. The van der Waals surface area contributed by atoms with Gasteiger partial charge in [0, 0.05) is 17.5 Å². The summed E-state index contributed by atoms with van der Waals surface area (Å²) < 4.78 is 0. The van der Waals surface area contributed by atoms with Gasteiger partial charge in [-0.1, -0.05) is 60.1 Å². The van der Waals surface area contributed by atoms with Crippen LogP contribution in [0.25, 0.3) is 10.8 Å². The molecule has 1 unspecified atom stereocenters. The molecule has 0 aliphatic carbocycles. The molecule has 0 saturated heterocycles. The number of rotatable bonds is 6. The zero-order chi connectivity index (χ0) is 20.1. The summed E-state index contributed by atoms with van der Waals surface area (Å²) in [6.07, 6.45) is -0.267. The van der Waals surface area contributed by atoms with Gasteiger partial charge in [0.25, 0.3) is 0 Å². The maximum absolute atomic E-state index is 12.7. The van der Waals surface area contributed by atoms with E-state index in [2.05, 4.69) is 10.6 Å². The lowest BCUT2D eigenvalue weighted by molar-refractivity contribution is -0.133. The molecule has 3 aromatic rings. The lowest BCUT2D eigenvalue weighted by atomic mass is 9.99. The van der Waals surface area contributed by atoms with Crippen LogP contribution in [0.4, 0.5) is 11.4 Å². The van der Waals surface area contributed by atoms with Gasteiger partial charge in [0.2, 0.25) is 11.8 Å². The van der Waals surface area contributed by atoms with E-state index in [0.29, 0.717) is 16.4 Å². The van der Waals surface area contributed by atoms with Crippen LogP contribution in [0.1, 0.15) is 13.3 Å². The number of benzene rings is 3. The van der Waals surface area contributed by atoms with E-state index in [9.17, 15) is 14.4 Å². The summed E-state index contributed by atoms with van der Waals surface area (Å²) in [6, 6.07) is 19.9. The van der Waals surface area contributed by atoms with Crippen molar-refractivity contribution in [2.75, 3.05) is 10.6 Å². The van der Waals surface area contributed by atoms with E-state index in [-0.39, 0.29) is 12.2 Å². The fourth-order valence-corrected chi connectivity index (χ4v) is 3.11. The van der Waals surface area contributed by atoms with Crippen molar-refractivity contribution in [1.29, 1.82) is 0 Å². The molecule has 1 atom stereocenters. The second-order valence-electron chi connectivity index (χ2n) is 6.41. The number of amides is 2. The number of anilines is 2. The molecular weight excluding hydrogens is 376 g/mol. The number of para-hydroxylation sites is 1. The van der Waals surface area contributed by atoms with Crippen LogP contribution in [0.5, 0.6) is 0 Å². The summed E-state index contributed by atoms with van der Waals surface area (Å²) in [4.78, 5) is 37.1. The largest absolute Gasteiger partial charge is 0.325 e. The Balaban J connectivity index is 1.74. The molecule has 5 nitrogen and oxygen atoms in total. The summed E-state index contributed by atoms with van der Waals surface area (Å²) in [7, 11) is 0. The van der Waals surface area contributed by atoms with Crippen molar-refractivity contribution in [1.82, 2.24) is 0 Å². The molecule has 6 heteroatoms. The topological polar surface area (TPSA) is 75.3 Å². The third-order valence-electron chi connectivity index (χ3n) is 4.39. The van der Waals surface area contributed by atoms with Crippen LogP contribution in [0.3, 0.4) is 0 Å². The number of nitrogens with one attached hydrogen (secondary N) is 2. The van der Waals surface area contributed by atoms with Gasteiger partial charge < -0.3 is 10.6 Å². The van der Waals surface area contributed by atoms with Crippen LogP contribution in [0, 0.1) is 5.92 Å². The first-order valence-corrected chi connectivity index (χ1v) is 9.17. The number of carbonyl (C=O) groups excluding carboxylic acids is 3. The van der Waals surface area contributed by atoms with Crippen LogP contribution >= 0.6 is 11.6 Å². The average Bonchev–Trinajstić information content (AvgIpc) is 2.68. The molecule has 0 radical (unpaired) electrons. The molecule has 3 rings (SSSR count). The van der Waals surface area contributed by atoms with E-state index in [4.69, 9.17) is 11.6 Å². The minimum atomic E-state index is -1.10. The van der Waals surface area contributed by atoms with Crippen molar-refractivity contribution in [3.05, 3.63) is 71.8 Å². The first-order chi connectivity index (χ1) is 13.5. The molecule has 2 amide bonds. The molecule has 2 N–H and O–H groups in total. The highest BCUT2D eigenvalue weighted by Crippen LogP contribution is 2.24. The van der Waals surface area contributed by atoms with Gasteiger partial charge in [0.05, 0.1) is 10.7 Å². The van der Waals surface area contributed by atoms with E-state index in [1.165, 1.54) is 6.92 Å². The van der Waals surface area contributed by atoms with E-state index in [1.54, 1.807) is 30.3 Å². The Morgan fingerprint density at radius 1 is 0.857 bits per heavy atom. The predicted octanol–water partition coefficient (Wildman–Crippen LogP) is 4.67. The van der Waals surface area contributed by atoms with Gasteiger partial charge in [-0.3, -0.25) is 14.4 Å². The second kappa shape index (κ2) is 8.67. The lowest BCUT2D eigenvalue weighted by Crippen LogP contribution is -2.32. The fourth-order valence-electron chi connectivity index (χ4n) is 2.92. The summed E-state index contributed by atoms with van der Waals surface area (Å²) in [6.45, 7) is 1.30. The number of ketones is 1. The van der Waals surface area contributed by atoms with Gasteiger partial charge in [-0.25, -0.2) is 0 Å². The second-order valence-corrected chi connectivity index (χ2v) is 6.82. The number of Topliss-reactive ketones (excluding diaryl/α,β-unsaturated/α-hetero) is 1. The van der Waals surface area contributed by atoms with Gasteiger partial charge in [-0.2, -0.15) is 0 Å². The number of hydrogen-bond acceptors (Lipinski definition) is 3. The Labute approximate surface area is 167 Å². The van der Waals surface area contributed by atoms with Crippen LogP contribution in [-0.4, -0.2) is 17.6 Å². The standard InChI is InChI=1S/C22H19ClN2O3/c1-14(26)17(13-21(27)24-20-11-5-4-10-18(20)23)22(28)25-19-12-6-8-15-7-2-3-9-16(15)19/h2-12,17H,13H2,1H3,(H,24,27)(H,25,28). The van der Waals surface area contributed by atoms with Crippen molar-refractivity contribution in [3.8, 4) is 0 Å². The van der Waals surface area contributed by atoms with E-state index in [1.807, 2.05) is 36.4 Å². The number of fused-ring (bicyclic) bond motifs is 1. The lowest BCUT2D eigenvalue weighted by Gasteiger charge is -2.15. The summed E-state index contributed by atoms with van der Waals surface area (Å²) >= 11 is 6.03. The zero-order valence-electron chi connectivity index (χ0n) is 15.2. The first-order valence-electron chi connectivity index (χ1n) is 8.79. The molecular formula is C22H19ClN2O3. The Hall–Kier alpha value is -3.18. The van der Waals surface area contributed by atoms with Gasteiger partial charge >= 0.3 is 0 Å². The third kappa shape index (κ3) is 4.56. The zero-order valence-corrected chi connectivity index (χ0v) is 16.0. The smallest absolute Gasteiger partial charge is 0.235 e. The van der Waals surface area contributed by atoms with E-state index < -0.39 is 17.7 Å². The van der Waals surface area contributed by atoms with Crippen molar-refractivity contribution in [2.45, 2.75) is 13.3 Å². The Kier molecular flexibility index (Phi) is 6.06. The molecule has 0 saturated carbocycles. The minimum Gasteiger partial charge on any atom is -0.325 e. The molecule has 0 bridgehead atoms. The monoisotopic (exact) mass is 394 g/mol. The summed E-state index contributed by atoms with van der Waals surface area (Å²) in [5.74, 6) is -2.45. The summed E-state index contributed by atoms with van der Waals surface area (Å²) in [5.41, 5.74) is 1.03. The van der Waals surface area contributed by atoms with Gasteiger partial charge in [-0.15, -0.1) is 0 Å². The van der Waals surface area contributed by atoms with Crippen molar-refractivity contribution >= 4 is 51.3 Å². The summed E-state index contributed by atoms with van der Waals surface area (Å²) in [5, 5.41) is 7.64. The first kappa shape index (κ1) is 19.6. The maximum atomic E-state index is 12.7. The quantitative estimate of drug-likeness (QED) is 0.597. The Bertz CT molecular complexity index is 1040. The Morgan fingerprint density at radius 3 is 2.25 bits per heavy atom. The van der Waals surface area contributed by atoms with E-state index >= 15 is 0 Å². The molecule has 142 valence electrons. The van der Waals surface area contributed by atoms with Crippen molar-refractivity contribution in [3.63, 3.8) is 0 Å². The predicted molar refractivity (Wildman–Crippen MR) is 111 cm³/mol. The highest BCUT2D eigenvalue weighted by atomic mass is 35.5. The molecule has 28 heavy (non-hydrogen) atoms. The molecule has 0 aromatic heterocycles. The van der Waals surface area contributed by atoms with Crippen LogP contribution in [0.2, 0.25) is 5.02 Å². The minimum absolute atomic E-state index is 0.267. The molecule has 0 aliphatic heterocycles. The average molecular weight is 395 g/mol. The number of halogens is 1. The normalized spacial score (nSPS) is 11.6. The number of carbonyl (C=O) groups is 3. The number of hydrogen-bond donors (Lipinski definition) is 2. The van der Waals surface area contributed by atoms with Gasteiger partial charge in [-0.05, 0) is 30.5 Å².